The summed E-state index contributed by atoms with van der Waals surface area (Å²) in [5.41, 5.74) is 1.87. The largest absolute Gasteiger partial charge is 0.497 e. The number of ether oxygens (including phenoxy) is 2. The summed E-state index contributed by atoms with van der Waals surface area (Å²) in [4.78, 5) is 18.4. The van der Waals surface area contributed by atoms with E-state index in [0.29, 0.717) is 55.5 Å². The van der Waals surface area contributed by atoms with Crippen LogP contribution in [0.2, 0.25) is 0 Å². The van der Waals surface area contributed by atoms with Crippen LogP contribution in [0.5, 0.6) is 5.75 Å². The van der Waals surface area contributed by atoms with Gasteiger partial charge in [-0.1, -0.05) is 12.1 Å². The van der Waals surface area contributed by atoms with Crippen molar-refractivity contribution < 1.29 is 13.9 Å². The number of aromatic amines is 1. The van der Waals surface area contributed by atoms with Crippen molar-refractivity contribution in [2.24, 2.45) is 0 Å². The molecule has 10 heteroatoms. The highest BCUT2D eigenvalue weighted by Crippen LogP contribution is 2.28. The molecular formula is C23H23FN6O3. The van der Waals surface area contributed by atoms with E-state index in [4.69, 9.17) is 9.47 Å². The van der Waals surface area contributed by atoms with E-state index in [1.165, 1.54) is 12.1 Å². The molecule has 2 aromatic heterocycles. The van der Waals surface area contributed by atoms with Gasteiger partial charge in [-0.15, -0.1) is 5.10 Å². The van der Waals surface area contributed by atoms with E-state index in [0.717, 1.165) is 10.9 Å². The van der Waals surface area contributed by atoms with Gasteiger partial charge in [0.1, 0.15) is 17.6 Å². The molecule has 1 saturated heterocycles. The molecule has 1 unspecified atom stereocenters. The van der Waals surface area contributed by atoms with E-state index < -0.39 is 6.04 Å². The van der Waals surface area contributed by atoms with Crippen LogP contribution in [-0.2, 0) is 11.3 Å². The Morgan fingerprint density at radius 1 is 1.15 bits per heavy atom. The fourth-order valence-electron chi connectivity index (χ4n) is 4.14. The van der Waals surface area contributed by atoms with Crippen LogP contribution >= 0.6 is 0 Å². The van der Waals surface area contributed by atoms with Crippen molar-refractivity contribution in [2.75, 3.05) is 33.4 Å². The molecule has 1 aliphatic rings. The Hall–Kier alpha value is -3.63. The fourth-order valence-corrected chi connectivity index (χ4v) is 4.14. The molecule has 0 spiro atoms. The van der Waals surface area contributed by atoms with Crippen molar-refractivity contribution in [3.63, 3.8) is 0 Å². The molecule has 0 amide bonds. The van der Waals surface area contributed by atoms with Crippen LogP contribution in [-0.4, -0.2) is 63.5 Å². The third kappa shape index (κ3) is 4.35. The molecule has 0 saturated carbocycles. The number of nitrogens with one attached hydrogen (secondary N) is 1. The normalized spacial score (nSPS) is 15.6. The number of morpholine rings is 1. The van der Waals surface area contributed by atoms with E-state index in [1.807, 2.05) is 18.2 Å². The highest BCUT2D eigenvalue weighted by atomic mass is 19.1. The van der Waals surface area contributed by atoms with Crippen molar-refractivity contribution in [2.45, 2.75) is 12.6 Å². The maximum absolute atomic E-state index is 13.3. The molecule has 1 atom stereocenters. The summed E-state index contributed by atoms with van der Waals surface area (Å²) < 4.78 is 25.8. The second-order valence-corrected chi connectivity index (χ2v) is 7.88. The number of hydrogen-bond acceptors (Lipinski definition) is 7. The SMILES string of the molecule is COc1ccc2cc(C(c3nnnn3Cc3ccc(F)cc3)N3CCOCC3)c(=O)[nH]c2c1. The number of methoxy groups -OCH3 is 1. The van der Waals surface area contributed by atoms with Gasteiger partial charge in [0, 0.05) is 24.7 Å². The summed E-state index contributed by atoms with van der Waals surface area (Å²) in [5, 5.41) is 13.2. The predicted octanol–water partition coefficient (Wildman–Crippen LogP) is 2.13. The Kier molecular flexibility index (Phi) is 5.84. The Bertz CT molecular complexity index is 1310. The molecule has 0 bridgehead atoms. The average molecular weight is 450 g/mol. The molecule has 1 fully saturated rings. The minimum absolute atomic E-state index is 0.219. The van der Waals surface area contributed by atoms with Crippen molar-refractivity contribution in [1.82, 2.24) is 30.1 Å². The molecule has 0 aliphatic carbocycles. The third-order valence-electron chi connectivity index (χ3n) is 5.84. The lowest BCUT2D eigenvalue weighted by Crippen LogP contribution is -2.42. The molecule has 1 N–H and O–H groups in total. The van der Waals surface area contributed by atoms with Crippen molar-refractivity contribution in [1.29, 1.82) is 0 Å². The van der Waals surface area contributed by atoms with Crippen molar-refractivity contribution in [3.8, 4) is 5.75 Å². The Balaban J connectivity index is 1.59. The first-order valence-corrected chi connectivity index (χ1v) is 10.7. The monoisotopic (exact) mass is 450 g/mol. The van der Waals surface area contributed by atoms with Gasteiger partial charge in [0.05, 0.1) is 32.4 Å². The fraction of sp³-hybridized carbons (Fsp3) is 0.304. The Morgan fingerprint density at radius 3 is 2.70 bits per heavy atom. The molecular weight excluding hydrogens is 427 g/mol. The van der Waals surface area contributed by atoms with Gasteiger partial charge in [-0.05, 0) is 51.7 Å². The van der Waals surface area contributed by atoms with E-state index in [9.17, 15) is 9.18 Å². The van der Waals surface area contributed by atoms with Crippen LogP contribution in [0.4, 0.5) is 4.39 Å². The van der Waals surface area contributed by atoms with Gasteiger partial charge in [0.2, 0.25) is 0 Å². The number of nitrogens with zero attached hydrogens (tertiary/aromatic N) is 5. The van der Waals surface area contributed by atoms with Crippen molar-refractivity contribution in [3.05, 3.63) is 81.7 Å². The second kappa shape index (κ2) is 9.08. The maximum Gasteiger partial charge on any atom is 0.253 e. The minimum atomic E-state index is -0.473. The number of pyridine rings is 1. The number of rotatable bonds is 6. The van der Waals surface area contributed by atoms with Gasteiger partial charge in [0.15, 0.2) is 5.82 Å². The number of benzene rings is 2. The Labute approximate surface area is 188 Å². The number of tetrazole rings is 1. The zero-order chi connectivity index (χ0) is 22.8. The lowest BCUT2D eigenvalue weighted by atomic mass is 10.0. The summed E-state index contributed by atoms with van der Waals surface area (Å²) in [5.74, 6) is 0.902. The number of fused-ring (bicyclic) bond motifs is 1. The first-order valence-electron chi connectivity index (χ1n) is 10.7. The minimum Gasteiger partial charge on any atom is -0.497 e. The molecule has 2 aromatic carbocycles. The lowest BCUT2D eigenvalue weighted by molar-refractivity contribution is 0.0214. The van der Waals surface area contributed by atoms with Gasteiger partial charge in [-0.25, -0.2) is 9.07 Å². The molecule has 4 aromatic rings. The van der Waals surface area contributed by atoms with Crippen LogP contribution in [0.3, 0.4) is 0 Å². The quantitative estimate of drug-likeness (QED) is 0.481. The first kappa shape index (κ1) is 21.2. The zero-order valence-electron chi connectivity index (χ0n) is 18.1. The van der Waals surface area contributed by atoms with Crippen LogP contribution in [0.1, 0.15) is 23.0 Å². The smallest absolute Gasteiger partial charge is 0.253 e. The molecule has 1 aliphatic heterocycles. The number of H-pyrrole nitrogens is 1. The van der Waals surface area contributed by atoms with Gasteiger partial charge in [-0.2, -0.15) is 0 Å². The maximum atomic E-state index is 13.3. The summed E-state index contributed by atoms with van der Waals surface area (Å²) in [7, 11) is 1.59. The first-order chi connectivity index (χ1) is 16.1. The molecule has 9 nitrogen and oxygen atoms in total. The summed E-state index contributed by atoms with van der Waals surface area (Å²) in [6.45, 7) is 2.73. The summed E-state index contributed by atoms with van der Waals surface area (Å²) in [6, 6.07) is 13.2. The lowest BCUT2D eigenvalue weighted by Gasteiger charge is -2.33. The highest BCUT2D eigenvalue weighted by molar-refractivity contribution is 5.80. The van der Waals surface area contributed by atoms with Crippen LogP contribution in [0.25, 0.3) is 10.9 Å². The number of halogens is 1. The van der Waals surface area contributed by atoms with E-state index in [-0.39, 0.29) is 11.4 Å². The number of aromatic nitrogens is 5. The van der Waals surface area contributed by atoms with Crippen LogP contribution in [0.15, 0.2) is 53.3 Å². The molecule has 3 heterocycles. The molecule has 5 rings (SSSR count). The molecule has 0 radical (unpaired) electrons. The van der Waals surface area contributed by atoms with E-state index in [1.54, 1.807) is 30.0 Å². The summed E-state index contributed by atoms with van der Waals surface area (Å²) >= 11 is 0. The van der Waals surface area contributed by atoms with Gasteiger partial charge >= 0.3 is 0 Å². The second-order valence-electron chi connectivity index (χ2n) is 7.88. The average Bonchev–Trinajstić information content (AvgIpc) is 3.29. The number of hydrogen-bond donors (Lipinski definition) is 1. The van der Waals surface area contributed by atoms with Crippen LogP contribution < -0.4 is 10.3 Å². The van der Waals surface area contributed by atoms with E-state index >= 15 is 0 Å². The van der Waals surface area contributed by atoms with Crippen LogP contribution in [0, 0.1) is 5.82 Å². The van der Waals surface area contributed by atoms with Gasteiger partial charge in [0.25, 0.3) is 5.56 Å². The zero-order valence-corrected chi connectivity index (χ0v) is 18.1. The molecule has 170 valence electrons. The molecule has 33 heavy (non-hydrogen) atoms. The topological polar surface area (TPSA) is 98.2 Å². The summed E-state index contributed by atoms with van der Waals surface area (Å²) in [6.07, 6.45) is 0. The Morgan fingerprint density at radius 2 is 1.94 bits per heavy atom. The van der Waals surface area contributed by atoms with Crippen molar-refractivity contribution >= 4 is 10.9 Å². The highest BCUT2D eigenvalue weighted by Gasteiger charge is 2.31. The predicted molar refractivity (Wildman–Crippen MR) is 119 cm³/mol. The van der Waals surface area contributed by atoms with Gasteiger partial charge in [-0.3, -0.25) is 9.69 Å². The standard InChI is InChI=1S/C23H23FN6O3/c1-32-18-7-4-16-12-19(23(31)25-20(16)13-18)21(29-8-10-33-11-9-29)22-26-27-28-30(22)14-15-2-5-17(24)6-3-15/h2-7,12-13,21H,8-11,14H2,1H3,(H,25,31). The van der Waals surface area contributed by atoms with Gasteiger partial charge < -0.3 is 14.5 Å². The van der Waals surface area contributed by atoms with E-state index in [2.05, 4.69) is 25.4 Å². The third-order valence-corrected chi connectivity index (χ3v) is 5.84.